The fraction of sp³-hybridized carbons (Fsp3) is 0.562. The van der Waals surface area contributed by atoms with E-state index in [2.05, 4.69) is 0 Å². The molecule has 0 saturated carbocycles. The number of methoxy groups -OCH3 is 1. The molecule has 1 fully saturated rings. The molecular formula is C16H24N2O2. The van der Waals surface area contributed by atoms with Crippen molar-refractivity contribution in [1.29, 1.82) is 0 Å². The Morgan fingerprint density at radius 3 is 3.00 bits per heavy atom. The van der Waals surface area contributed by atoms with Crippen LogP contribution in [0.2, 0.25) is 0 Å². The molecule has 20 heavy (non-hydrogen) atoms. The quantitative estimate of drug-likeness (QED) is 0.914. The van der Waals surface area contributed by atoms with Crippen molar-refractivity contribution in [2.24, 2.45) is 5.73 Å². The number of hydrogen-bond acceptors (Lipinski definition) is 3. The van der Waals surface area contributed by atoms with Gasteiger partial charge in [-0.1, -0.05) is 12.1 Å². The second-order valence-electron chi connectivity index (χ2n) is 5.54. The Bertz CT molecular complexity index is 460. The van der Waals surface area contributed by atoms with E-state index in [0.29, 0.717) is 6.42 Å². The van der Waals surface area contributed by atoms with Crippen LogP contribution < -0.4 is 10.5 Å². The molecule has 4 heteroatoms. The molecule has 0 aromatic heterocycles. The summed E-state index contributed by atoms with van der Waals surface area (Å²) in [5, 5.41) is 0. The molecular weight excluding hydrogens is 252 g/mol. The summed E-state index contributed by atoms with van der Waals surface area (Å²) < 4.78 is 5.20. The zero-order valence-corrected chi connectivity index (χ0v) is 12.3. The number of ether oxygens (including phenoxy) is 1. The molecule has 110 valence electrons. The van der Waals surface area contributed by atoms with Gasteiger partial charge in [-0.2, -0.15) is 0 Å². The lowest BCUT2D eigenvalue weighted by Crippen LogP contribution is -2.52. The summed E-state index contributed by atoms with van der Waals surface area (Å²) in [6, 6.07) is 7.90. The summed E-state index contributed by atoms with van der Waals surface area (Å²) in [5.74, 6) is 0.956. The van der Waals surface area contributed by atoms with Crippen LogP contribution in [0.25, 0.3) is 0 Å². The van der Waals surface area contributed by atoms with Crippen LogP contribution in [0.3, 0.4) is 0 Å². The topological polar surface area (TPSA) is 55.6 Å². The Balaban J connectivity index is 2.05. The Morgan fingerprint density at radius 1 is 1.50 bits per heavy atom. The molecule has 1 aliphatic heterocycles. The van der Waals surface area contributed by atoms with Crippen molar-refractivity contribution < 1.29 is 9.53 Å². The summed E-state index contributed by atoms with van der Waals surface area (Å²) in [7, 11) is 1.64. The second kappa shape index (κ2) is 6.75. The van der Waals surface area contributed by atoms with Crippen molar-refractivity contribution in [2.75, 3.05) is 13.7 Å². The van der Waals surface area contributed by atoms with E-state index in [1.807, 2.05) is 36.1 Å². The van der Waals surface area contributed by atoms with Gasteiger partial charge in [-0.15, -0.1) is 0 Å². The average Bonchev–Trinajstić information content (AvgIpc) is 2.47. The first-order valence-electron chi connectivity index (χ1n) is 7.30. The molecule has 4 nitrogen and oxygen atoms in total. The minimum atomic E-state index is 0.0320. The number of benzene rings is 1. The molecule has 1 saturated heterocycles. The van der Waals surface area contributed by atoms with Crippen LogP contribution in [0.4, 0.5) is 0 Å². The van der Waals surface area contributed by atoms with Gasteiger partial charge in [0.15, 0.2) is 0 Å². The molecule has 2 rings (SSSR count). The minimum Gasteiger partial charge on any atom is -0.497 e. The molecule has 2 unspecified atom stereocenters. The highest BCUT2D eigenvalue weighted by molar-refractivity contribution is 5.79. The van der Waals surface area contributed by atoms with Crippen molar-refractivity contribution in [3.63, 3.8) is 0 Å². The molecule has 0 radical (unpaired) electrons. The van der Waals surface area contributed by atoms with Crippen LogP contribution in [0.15, 0.2) is 24.3 Å². The Kier molecular flexibility index (Phi) is 5.01. The predicted octanol–water partition coefficient (Wildman–Crippen LogP) is 1.97. The fourth-order valence-corrected chi connectivity index (χ4v) is 2.87. The molecule has 0 bridgehead atoms. The fourth-order valence-electron chi connectivity index (χ4n) is 2.87. The first kappa shape index (κ1) is 14.9. The van der Waals surface area contributed by atoms with E-state index in [1.165, 1.54) is 0 Å². The molecule has 1 aliphatic rings. The number of likely N-dealkylation sites (tertiary alicyclic amines) is 1. The third kappa shape index (κ3) is 3.51. The number of carbonyl (C=O) groups is 1. The Hall–Kier alpha value is -1.55. The van der Waals surface area contributed by atoms with Gasteiger partial charge in [0.1, 0.15) is 5.75 Å². The maximum Gasteiger partial charge on any atom is 0.227 e. The minimum absolute atomic E-state index is 0.0320. The monoisotopic (exact) mass is 276 g/mol. The SMILES string of the molecule is COc1cccc(CC(=O)N2CCCCC2C(C)N)c1. The molecule has 1 heterocycles. The largest absolute Gasteiger partial charge is 0.497 e. The molecule has 1 aromatic rings. The molecule has 1 aromatic carbocycles. The molecule has 1 amide bonds. The number of nitrogens with two attached hydrogens (primary N) is 1. The summed E-state index contributed by atoms with van der Waals surface area (Å²) in [6.07, 6.45) is 3.67. The first-order valence-corrected chi connectivity index (χ1v) is 7.30. The van der Waals surface area contributed by atoms with Gasteiger partial charge < -0.3 is 15.4 Å². The van der Waals surface area contributed by atoms with Crippen molar-refractivity contribution >= 4 is 5.91 Å². The maximum atomic E-state index is 12.5. The van der Waals surface area contributed by atoms with Gasteiger partial charge in [0.2, 0.25) is 5.91 Å². The van der Waals surface area contributed by atoms with Crippen LogP contribution in [0, 0.1) is 0 Å². The van der Waals surface area contributed by atoms with E-state index in [4.69, 9.17) is 10.5 Å². The Morgan fingerprint density at radius 2 is 2.30 bits per heavy atom. The number of rotatable bonds is 4. The standard InChI is InChI=1S/C16H24N2O2/c1-12(17)15-8-3-4-9-18(15)16(19)11-13-6-5-7-14(10-13)20-2/h5-7,10,12,15H,3-4,8-9,11,17H2,1-2H3. The maximum absolute atomic E-state index is 12.5. The van der Waals surface area contributed by atoms with E-state index >= 15 is 0 Å². The van der Waals surface area contributed by atoms with Gasteiger partial charge in [-0.05, 0) is 43.9 Å². The lowest BCUT2D eigenvalue weighted by Gasteiger charge is -2.38. The first-order chi connectivity index (χ1) is 9.61. The van der Waals surface area contributed by atoms with Gasteiger partial charge >= 0.3 is 0 Å². The van der Waals surface area contributed by atoms with E-state index < -0.39 is 0 Å². The van der Waals surface area contributed by atoms with Crippen LogP contribution in [-0.2, 0) is 11.2 Å². The van der Waals surface area contributed by atoms with E-state index in [-0.39, 0.29) is 18.0 Å². The van der Waals surface area contributed by atoms with Crippen molar-refractivity contribution in [3.05, 3.63) is 29.8 Å². The zero-order chi connectivity index (χ0) is 14.5. The number of nitrogens with zero attached hydrogens (tertiary/aromatic N) is 1. The summed E-state index contributed by atoms with van der Waals surface area (Å²) >= 11 is 0. The van der Waals surface area contributed by atoms with Crippen molar-refractivity contribution in [2.45, 2.75) is 44.7 Å². The summed E-state index contributed by atoms with van der Waals surface area (Å²) in [6.45, 7) is 2.82. The lowest BCUT2D eigenvalue weighted by atomic mass is 9.96. The smallest absolute Gasteiger partial charge is 0.227 e. The van der Waals surface area contributed by atoms with E-state index in [1.54, 1.807) is 7.11 Å². The van der Waals surface area contributed by atoms with Crippen LogP contribution in [-0.4, -0.2) is 36.5 Å². The van der Waals surface area contributed by atoms with Gasteiger partial charge in [0, 0.05) is 18.6 Å². The summed E-state index contributed by atoms with van der Waals surface area (Å²) in [4.78, 5) is 14.5. The van der Waals surface area contributed by atoms with Crippen molar-refractivity contribution in [1.82, 2.24) is 4.90 Å². The van der Waals surface area contributed by atoms with Crippen molar-refractivity contribution in [3.8, 4) is 5.75 Å². The molecule has 2 atom stereocenters. The van der Waals surface area contributed by atoms with Gasteiger partial charge in [0.05, 0.1) is 13.5 Å². The number of carbonyl (C=O) groups excluding carboxylic acids is 1. The Labute approximate surface area is 120 Å². The second-order valence-corrected chi connectivity index (χ2v) is 5.54. The lowest BCUT2D eigenvalue weighted by molar-refractivity contribution is -0.134. The molecule has 2 N–H and O–H groups in total. The van der Waals surface area contributed by atoms with Crippen LogP contribution in [0.5, 0.6) is 5.75 Å². The van der Waals surface area contributed by atoms with E-state index in [0.717, 1.165) is 37.1 Å². The number of piperidine rings is 1. The summed E-state index contributed by atoms with van der Waals surface area (Å²) in [5.41, 5.74) is 7.01. The van der Waals surface area contributed by atoms with Gasteiger partial charge in [-0.25, -0.2) is 0 Å². The number of hydrogen-bond donors (Lipinski definition) is 1. The van der Waals surface area contributed by atoms with E-state index in [9.17, 15) is 4.79 Å². The molecule has 0 aliphatic carbocycles. The third-order valence-electron chi connectivity index (χ3n) is 3.97. The highest BCUT2D eigenvalue weighted by atomic mass is 16.5. The zero-order valence-electron chi connectivity index (χ0n) is 12.3. The number of amides is 1. The van der Waals surface area contributed by atoms with Crippen LogP contribution in [0.1, 0.15) is 31.7 Å². The van der Waals surface area contributed by atoms with Crippen LogP contribution >= 0.6 is 0 Å². The highest BCUT2D eigenvalue weighted by Crippen LogP contribution is 2.21. The molecule has 0 spiro atoms. The third-order valence-corrected chi connectivity index (χ3v) is 3.97. The van der Waals surface area contributed by atoms with Gasteiger partial charge in [0.25, 0.3) is 0 Å². The normalized spacial score (nSPS) is 20.6. The highest BCUT2D eigenvalue weighted by Gasteiger charge is 2.28. The average molecular weight is 276 g/mol. The predicted molar refractivity (Wildman–Crippen MR) is 79.7 cm³/mol. The van der Waals surface area contributed by atoms with Gasteiger partial charge in [-0.3, -0.25) is 4.79 Å².